The van der Waals surface area contributed by atoms with Crippen LogP contribution in [-0.4, -0.2) is 0 Å². The fourth-order valence-corrected chi connectivity index (χ4v) is 2.73. The number of fused-ring (bicyclic) bond motifs is 1. The third-order valence-electron chi connectivity index (χ3n) is 3.56. The molecular formula is C18H14Cl2. The van der Waals surface area contributed by atoms with Gasteiger partial charge in [0.15, 0.2) is 0 Å². The molecule has 1 aliphatic carbocycles. The van der Waals surface area contributed by atoms with E-state index < -0.39 is 0 Å². The van der Waals surface area contributed by atoms with E-state index in [1.807, 2.05) is 31.2 Å². The van der Waals surface area contributed by atoms with E-state index in [1.54, 1.807) is 0 Å². The average molecular weight is 301 g/mol. The summed E-state index contributed by atoms with van der Waals surface area (Å²) in [6.45, 7) is 2.02. The summed E-state index contributed by atoms with van der Waals surface area (Å²) in [4.78, 5) is 0. The summed E-state index contributed by atoms with van der Waals surface area (Å²) >= 11 is 12.1. The van der Waals surface area contributed by atoms with Crippen LogP contribution in [0.1, 0.15) is 22.3 Å². The third kappa shape index (κ3) is 2.67. The summed E-state index contributed by atoms with van der Waals surface area (Å²) < 4.78 is 0. The van der Waals surface area contributed by atoms with Gasteiger partial charge in [-0.3, -0.25) is 0 Å². The number of aryl methyl sites for hydroxylation is 1. The van der Waals surface area contributed by atoms with Crippen LogP contribution in [0.15, 0.2) is 48.6 Å². The van der Waals surface area contributed by atoms with Crippen LogP contribution in [0.25, 0.3) is 11.6 Å². The number of allylic oxidation sites excluding steroid dienone is 3. The molecule has 2 heteroatoms. The lowest BCUT2D eigenvalue weighted by Crippen LogP contribution is -1.83. The third-order valence-corrected chi connectivity index (χ3v) is 4.22. The summed E-state index contributed by atoms with van der Waals surface area (Å²) in [5.41, 5.74) is 6.05. The monoisotopic (exact) mass is 300 g/mol. The summed E-state index contributed by atoms with van der Waals surface area (Å²) in [7, 11) is 0. The predicted molar refractivity (Wildman–Crippen MR) is 88.4 cm³/mol. The highest BCUT2D eigenvalue weighted by Crippen LogP contribution is 2.31. The summed E-state index contributed by atoms with van der Waals surface area (Å²) in [5.74, 6) is 0. The van der Waals surface area contributed by atoms with Crippen LogP contribution in [0.2, 0.25) is 10.0 Å². The summed E-state index contributed by atoms with van der Waals surface area (Å²) in [6, 6.07) is 12.1. The molecule has 0 unspecified atom stereocenters. The fraction of sp³-hybridized carbons (Fsp3) is 0.111. The Morgan fingerprint density at radius 1 is 1.00 bits per heavy atom. The van der Waals surface area contributed by atoms with Gasteiger partial charge in [-0.15, -0.1) is 0 Å². The lowest BCUT2D eigenvalue weighted by Gasteiger charge is -2.03. The van der Waals surface area contributed by atoms with Gasteiger partial charge in [-0.25, -0.2) is 0 Å². The lowest BCUT2D eigenvalue weighted by atomic mass is 10.0. The number of benzene rings is 2. The minimum absolute atomic E-state index is 0.785. The molecule has 0 amide bonds. The minimum atomic E-state index is 0.785. The Kier molecular flexibility index (Phi) is 3.69. The van der Waals surface area contributed by atoms with Crippen LogP contribution in [0.5, 0.6) is 0 Å². The number of halogens is 2. The zero-order valence-electron chi connectivity index (χ0n) is 11.2. The molecule has 0 saturated carbocycles. The Morgan fingerprint density at radius 3 is 2.65 bits per heavy atom. The standard InChI is InChI=1S/C18H14Cl2/c1-12-10-13(3-9-18(12)20)2-4-14-5-6-15-7-8-16(19)11-17(14)15/h2-5,7-11H,6H2,1H3/b4-2+. The molecule has 0 N–H and O–H groups in total. The van der Waals surface area contributed by atoms with Crippen LogP contribution in [0.4, 0.5) is 0 Å². The molecule has 0 aromatic heterocycles. The molecule has 100 valence electrons. The van der Waals surface area contributed by atoms with Gasteiger partial charge in [-0.2, -0.15) is 0 Å². The molecule has 0 atom stereocenters. The van der Waals surface area contributed by atoms with Crippen molar-refractivity contribution >= 4 is 34.9 Å². The van der Waals surface area contributed by atoms with E-state index in [0.29, 0.717) is 0 Å². The van der Waals surface area contributed by atoms with Crippen LogP contribution < -0.4 is 0 Å². The zero-order valence-corrected chi connectivity index (χ0v) is 12.7. The second kappa shape index (κ2) is 5.47. The van der Waals surface area contributed by atoms with E-state index in [1.165, 1.54) is 16.7 Å². The molecule has 3 rings (SSSR count). The molecule has 0 radical (unpaired) electrons. The molecule has 0 spiro atoms. The fourth-order valence-electron chi connectivity index (χ4n) is 2.44. The lowest BCUT2D eigenvalue weighted by molar-refractivity contribution is 1.31. The summed E-state index contributed by atoms with van der Waals surface area (Å²) in [5, 5.41) is 1.59. The van der Waals surface area contributed by atoms with Gasteiger partial charge in [0, 0.05) is 10.0 Å². The molecule has 2 aromatic rings. The van der Waals surface area contributed by atoms with Gasteiger partial charge in [0.2, 0.25) is 0 Å². The van der Waals surface area contributed by atoms with Gasteiger partial charge < -0.3 is 0 Å². The van der Waals surface area contributed by atoms with Crippen molar-refractivity contribution in [1.29, 1.82) is 0 Å². The van der Waals surface area contributed by atoms with Crippen molar-refractivity contribution in [2.45, 2.75) is 13.3 Å². The number of hydrogen-bond acceptors (Lipinski definition) is 0. The molecule has 1 aliphatic rings. The topological polar surface area (TPSA) is 0 Å². The first-order chi connectivity index (χ1) is 9.63. The number of hydrogen-bond donors (Lipinski definition) is 0. The molecule has 0 bridgehead atoms. The Labute approximate surface area is 129 Å². The molecule has 0 nitrogen and oxygen atoms in total. The molecule has 0 saturated heterocycles. The molecule has 0 aliphatic heterocycles. The van der Waals surface area contributed by atoms with Gasteiger partial charge in [0.25, 0.3) is 0 Å². The van der Waals surface area contributed by atoms with Gasteiger partial charge >= 0.3 is 0 Å². The van der Waals surface area contributed by atoms with Crippen molar-refractivity contribution in [1.82, 2.24) is 0 Å². The quantitative estimate of drug-likeness (QED) is 0.642. The molecule has 20 heavy (non-hydrogen) atoms. The van der Waals surface area contributed by atoms with Crippen LogP contribution >= 0.6 is 23.2 Å². The van der Waals surface area contributed by atoms with E-state index in [2.05, 4.69) is 30.4 Å². The van der Waals surface area contributed by atoms with Crippen LogP contribution in [0, 0.1) is 6.92 Å². The highest BCUT2D eigenvalue weighted by atomic mass is 35.5. The normalized spacial score (nSPS) is 13.7. The zero-order chi connectivity index (χ0) is 14.1. The van der Waals surface area contributed by atoms with Crippen molar-refractivity contribution < 1.29 is 0 Å². The van der Waals surface area contributed by atoms with Gasteiger partial charge in [0.1, 0.15) is 0 Å². The van der Waals surface area contributed by atoms with Gasteiger partial charge in [-0.05, 0) is 59.4 Å². The van der Waals surface area contributed by atoms with Crippen LogP contribution in [0.3, 0.4) is 0 Å². The maximum atomic E-state index is 6.08. The smallest absolute Gasteiger partial charge is 0.0435 e. The highest BCUT2D eigenvalue weighted by molar-refractivity contribution is 6.31. The Balaban J connectivity index is 1.88. The second-order valence-electron chi connectivity index (χ2n) is 5.01. The first-order valence-electron chi connectivity index (χ1n) is 6.57. The van der Waals surface area contributed by atoms with Crippen LogP contribution in [-0.2, 0) is 6.42 Å². The van der Waals surface area contributed by atoms with Crippen molar-refractivity contribution in [3.63, 3.8) is 0 Å². The Bertz CT molecular complexity index is 724. The van der Waals surface area contributed by atoms with Gasteiger partial charge in [0.05, 0.1) is 0 Å². The molecule has 2 aromatic carbocycles. The van der Waals surface area contributed by atoms with E-state index in [4.69, 9.17) is 23.2 Å². The average Bonchev–Trinajstić information content (AvgIpc) is 2.82. The minimum Gasteiger partial charge on any atom is -0.0843 e. The van der Waals surface area contributed by atoms with E-state index in [0.717, 1.165) is 27.6 Å². The first kappa shape index (κ1) is 13.5. The summed E-state index contributed by atoms with van der Waals surface area (Å²) in [6.07, 6.45) is 7.47. The van der Waals surface area contributed by atoms with E-state index in [9.17, 15) is 0 Å². The second-order valence-corrected chi connectivity index (χ2v) is 5.85. The SMILES string of the molecule is Cc1cc(/C=C/C2=CCc3ccc(Cl)cc32)ccc1Cl. The Hall–Kier alpha value is -1.50. The number of rotatable bonds is 2. The van der Waals surface area contributed by atoms with Crippen molar-refractivity contribution in [3.8, 4) is 0 Å². The largest absolute Gasteiger partial charge is 0.0843 e. The first-order valence-corrected chi connectivity index (χ1v) is 7.32. The van der Waals surface area contributed by atoms with Crippen molar-refractivity contribution in [2.75, 3.05) is 0 Å². The van der Waals surface area contributed by atoms with Gasteiger partial charge in [-0.1, -0.05) is 59.6 Å². The van der Waals surface area contributed by atoms with E-state index in [-0.39, 0.29) is 0 Å². The predicted octanol–water partition coefficient (Wildman–Crippen LogP) is 5.95. The Morgan fingerprint density at radius 2 is 1.85 bits per heavy atom. The van der Waals surface area contributed by atoms with Crippen molar-refractivity contribution in [3.05, 3.63) is 80.8 Å². The molecule has 0 fully saturated rings. The highest BCUT2D eigenvalue weighted by Gasteiger charge is 2.11. The maximum Gasteiger partial charge on any atom is 0.0435 e. The van der Waals surface area contributed by atoms with Crippen molar-refractivity contribution in [2.24, 2.45) is 0 Å². The molecular weight excluding hydrogens is 287 g/mol. The molecule has 0 heterocycles. The maximum absolute atomic E-state index is 6.08. The van der Waals surface area contributed by atoms with E-state index >= 15 is 0 Å².